The highest BCUT2D eigenvalue weighted by molar-refractivity contribution is 5.75. The standard InChI is InChI=1S/C13H18FN3/c1-9(8-15)3-6-13-16-11-7-10(14)4-5-12(11)17(13)2/h4-5,7,9H,3,6,8,15H2,1-2H3. The molecule has 0 aliphatic heterocycles. The number of halogens is 1. The van der Waals surface area contributed by atoms with E-state index in [9.17, 15) is 4.39 Å². The van der Waals surface area contributed by atoms with E-state index in [-0.39, 0.29) is 5.82 Å². The minimum Gasteiger partial charge on any atom is -0.331 e. The van der Waals surface area contributed by atoms with E-state index in [1.54, 1.807) is 6.07 Å². The number of hydrogen-bond acceptors (Lipinski definition) is 2. The molecule has 1 heterocycles. The second-order valence-electron chi connectivity index (χ2n) is 4.60. The quantitative estimate of drug-likeness (QED) is 0.883. The van der Waals surface area contributed by atoms with Gasteiger partial charge in [0.25, 0.3) is 0 Å². The molecule has 1 unspecified atom stereocenters. The highest BCUT2D eigenvalue weighted by Crippen LogP contribution is 2.18. The second kappa shape index (κ2) is 4.84. The molecule has 2 N–H and O–H groups in total. The van der Waals surface area contributed by atoms with Gasteiger partial charge in [-0.25, -0.2) is 9.37 Å². The van der Waals surface area contributed by atoms with Crippen LogP contribution < -0.4 is 5.73 Å². The molecule has 0 fully saturated rings. The summed E-state index contributed by atoms with van der Waals surface area (Å²) in [5.74, 6) is 1.25. The van der Waals surface area contributed by atoms with E-state index in [1.165, 1.54) is 12.1 Å². The van der Waals surface area contributed by atoms with E-state index in [2.05, 4.69) is 11.9 Å². The molecule has 2 aromatic rings. The molecule has 92 valence electrons. The maximum atomic E-state index is 13.1. The summed E-state index contributed by atoms with van der Waals surface area (Å²) < 4.78 is 15.1. The highest BCUT2D eigenvalue weighted by atomic mass is 19.1. The Bertz CT molecular complexity index is 519. The van der Waals surface area contributed by atoms with Crippen molar-refractivity contribution in [1.29, 1.82) is 0 Å². The van der Waals surface area contributed by atoms with Crippen LogP contribution in [0.2, 0.25) is 0 Å². The molecule has 0 saturated heterocycles. The Hall–Kier alpha value is -1.42. The number of fused-ring (bicyclic) bond motifs is 1. The van der Waals surface area contributed by atoms with Crippen LogP contribution in [0.15, 0.2) is 18.2 Å². The minimum absolute atomic E-state index is 0.238. The molecule has 0 radical (unpaired) electrons. The fourth-order valence-corrected chi connectivity index (χ4v) is 1.94. The van der Waals surface area contributed by atoms with E-state index in [4.69, 9.17) is 5.73 Å². The maximum absolute atomic E-state index is 13.1. The summed E-state index contributed by atoms with van der Waals surface area (Å²) in [4.78, 5) is 4.46. The average Bonchev–Trinajstić information content (AvgIpc) is 2.62. The monoisotopic (exact) mass is 235 g/mol. The smallest absolute Gasteiger partial charge is 0.125 e. The van der Waals surface area contributed by atoms with Crippen molar-refractivity contribution in [3.63, 3.8) is 0 Å². The molecule has 0 saturated carbocycles. The Morgan fingerprint density at radius 1 is 1.47 bits per heavy atom. The molecular weight excluding hydrogens is 217 g/mol. The Morgan fingerprint density at radius 3 is 2.94 bits per heavy atom. The number of nitrogens with two attached hydrogens (primary N) is 1. The Kier molecular flexibility index (Phi) is 3.43. The van der Waals surface area contributed by atoms with Gasteiger partial charge in [-0.2, -0.15) is 0 Å². The van der Waals surface area contributed by atoms with Crippen molar-refractivity contribution in [2.45, 2.75) is 19.8 Å². The number of aryl methyl sites for hydroxylation is 2. The number of imidazole rings is 1. The largest absolute Gasteiger partial charge is 0.331 e. The van der Waals surface area contributed by atoms with Gasteiger partial charge < -0.3 is 10.3 Å². The lowest BCUT2D eigenvalue weighted by molar-refractivity contribution is 0.531. The van der Waals surface area contributed by atoms with Crippen molar-refractivity contribution in [2.75, 3.05) is 6.54 Å². The normalized spacial score (nSPS) is 13.2. The lowest BCUT2D eigenvalue weighted by Crippen LogP contribution is -2.12. The van der Waals surface area contributed by atoms with E-state index < -0.39 is 0 Å². The minimum atomic E-state index is -0.238. The summed E-state index contributed by atoms with van der Waals surface area (Å²) in [5.41, 5.74) is 7.29. The summed E-state index contributed by atoms with van der Waals surface area (Å²) in [6.07, 6.45) is 1.89. The molecule has 1 aromatic heterocycles. The third-order valence-corrected chi connectivity index (χ3v) is 3.20. The zero-order valence-corrected chi connectivity index (χ0v) is 10.3. The Labute approximate surface area is 100 Å². The Morgan fingerprint density at radius 2 is 2.24 bits per heavy atom. The molecule has 3 nitrogen and oxygen atoms in total. The van der Waals surface area contributed by atoms with Crippen molar-refractivity contribution in [3.8, 4) is 0 Å². The first kappa shape index (κ1) is 12.0. The fourth-order valence-electron chi connectivity index (χ4n) is 1.94. The number of aromatic nitrogens is 2. The van der Waals surface area contributed by atoms with Gasteiger partial charge in [0.2, 0.25) is 0 Å². The topological polar surface area (TPSA) is 43.8 Å². The molecule has 4 heteroatoms. The van der Waals surface area contributed by atoms with Gasteiger partial charge in [0, 0.05) is 19.5 Å². The van der Waals surface area contributed by atoms with Crippen LogP contribution in [-0.4, -0.2) is 16.1 Å². The zero-order chi connectivity index (χ0) is 12.4. The fraction of sp³-hybridized carbons (Fsp3) is 0.462. The van der Waals surface area contributed by atoms with Gasteiger partial charge >= 0.3 is 0 Å². The van der Waals surface area contributed by atoms with Crippen LogP contribution in [-0.2, 0) is 13.5 Å². The van der Waals surface area contributed by atoms with Crippen LogP contribution >= 0.6 is 0 Å². The highest BCUT2D eigenvalue weighted by Gasteiger charge is 2.09. The number of hydrogen-bond donors (Lipinski definition) is 1. The van der Waals surface area contributed by atoms with Crippen LogP contribution in [0.3, 0.4) is 0 Å². The van der Waals surface area contributed by atoms with Gasteiger partial charge in [-0.15, -0.1) is 0 Å². The molecule has 1 aromatic carbocycles. The Balaban J connectivity index is 2.26. The van der Waals surface area contributed by atoms with Crippen molar-refractivity contribution in [3.05, 3.63) is 29.8 Å². The molecule has 17 heavy (non-hydrogen) atoms. The maximum Gasteiger partial charge on any atom is 0.125 e. The first-order valence-electron chi connectivity index (χ1n) is 5.92. The number of benzene rings is 1. The van der Waals surface area contributed by atoms with Crippen molar-refractivity contribution in [1.82, 2.24) is 9.55 Å². The van der Waals surface area contributed by atoms with E-state index in [0.29, 0.717) is 12.5 Å². The second-order valence-corrected chi connectivity index (χ2v) is 4.60. The van der Waals surface area contributed by atoms with Gasteiger partial charge in [-0.1, -0.05) is 6.92 Å². The van der Waals surface area contributed by atoms with Gasteiger partial charge in [0.1, 0.15) is 11.6 Å². The predicted octanol–water partition coefficient (Wildman–Crippen LogP) is 2.24. The summed E-state index contributed by atoms with van der Waals surface area (Å²) in [6.45, 7) is 2.82. The van der Waals surface area contributed by atoms with Gasteiger partial charge in [-0.3, -0.25) is 0 Å². The van der Waals surface area contributed by atoms with Crippen LogP contribution in [0.1, 0.15) is 19.2 Å². The molecule has 2 rings (SSSR count). The SMILES string of the molecule is CC(CN)CCc1nc2cc(F)ccc2n1C. The third-order valence-electron chi connectivity index (χ3n) is 3.20. The van der Waals surface area contributed by atoms with Crippen LogP contribution in [0, 0.1) is 11.7 Å². The molecule has 0 spiro atoms. The van der Waals surface area contributed by atoms with Crippen LogP contribution in [0.25, 0.3) is 11.0 Å². The predicted molar refractivity (Wildman–Crippen MR) is 67.2 cm³/mol. The van der Waals surface area contributed by atoms with E-state index in [0.717, 1.165) is 29.7 Å². The molecule has 1 atom stereocenters. The van der Waals surface area contributed by atoms with Crippen molar-refractivity contribution < 1.29 is 4.39 Å². The van der Waals surface area contributed by atoms with Crippen LogP contribution in [0.5, 0.6) is 0 Å². The van der Waals surface area contributed by atoms with Gasteiger partial charge in [0.05, 0.1) is 11.0 Å². The van der Waals surface area contributed by atoms with Gasteiger partial charge in [0.15, 0.2) is 0 Å². The lowest BCUT2D eigenvalue weighted by atomic mass is 10.1. The number of rotatable bonds is 4. The zero-order valence-electron chi connectivity index (χ0n) is 10.3. The molecule has 0 amide bonds. The molecule has 0 bridgehead atoms. The molecule has 0 aliphatic carbocycles. The molecule has 0 aliphatic rings. The summed E-state index contributed by atoms with van der Waals surface area (Å²) in [7, 11) is 1.97. The number of nitrogens with zero attached hydrogens (tertiary/aromatic N) is 2. The van der Waals surface area contributed by atoms with E-state index in [1.807, 2.05) is 11.6 Å². The average molecular weight is 235 g/mol. The van der Waals surface area contributed by atoms with Crippen molar-refractivity contribution >= 4 is 11.0 Å². The summed E-state index contributed by atoms with van der Waals surface area (Å²) in [6, 6.07) is 4.72. The summed E-state index contributed by atoms with van der Waals surface area (Å²) >= 11 is 0. The first-order chi connectivity index (χ1) is 8.11. The van der Waals surface area contributed by atoms with Crippen molar-refractivity contribution in [2.24, 2.45) is 18.7 Å². The van der Waals surface area contributed by atoms with E-state index >= 15 is 0 Å². The lowest BCUT2D eigenvalue weighted by Gasteiger charge is -2.07. The molecular formula is C13H18FN3. The first-order valence-corrected chi connectivity index (χ1v) is 5.92. The van der Waals surface area contributed by atoms with Gasteiger partial charge in [-0.05, 0) is 31.0 Å². The third kappa shape index (κ3) is 2.47. The van der Waals surface area contributed by atoms with Crippen LogP contribution in [0.4, 0.5) is 4.39 Å². The summed E-state index contributed by atoms with van der Waals surface area (Å²) in [5, 5.41) is 0.